The van der Waals surface area contributed by atoms with Crippen molar-refractivity contribution in [2.45, 2.75) is 6.92 Å². The van der Waals surface area contributed by atoms with Crippen LogP contribution in [0.2, 0.25) is 0 Å². The first kappa shape index (κ1) is 19.5. The van der Waals surface area contributed by atoms with Gasteiger partial charge in [-0.25, -0.2) is 9.50 Å². The zero-order valence-corrected chi connectivity index (χ0v) is 17.6. The first-order valence-corrected chi connectivity index (χ1v) is 10.8. The van der Waals surface area contributed by atoms with E-state index >= 15 is 0 Å². The van der Waals surface area contributed by atoms with Crippen LogP contribution < -0.4 is 0 Å². The molecule has 2 aromatic heterocycles. The van der Waals surface area contributed by atoms with Crippen LogP contribution in [0.4, 0.5) is 0 Å². The van der Waals surface area contributed by atoms with Crippen LogP contribution >= 0.6 is 0 Å². The number of carbonyl (C=O) groups is 1. The van der Waals surface area contributed by atoms with Gasteiger partial charge in [0.05, 0.1) is 11.4 Å². The predicted molar refractivity (Wildman–Crippen MR) is 122 cm³/mol. The molecule has 1 aliphatic heterocycles. The Bertz CT molecular complexity index is 1190. The number of rotatable bonds is 4. The number of nitrogens with zero attached hydrogens (tertiary/aromatic N) is 5. The zero-order chi connectivity index (χ0) is 21.2. The smallest absolute Gasteiger partial charge is 0.272 e. The second kappa shape index (κ2) is 8.32. The van der Waals surface area contributed by atoms with Gasteiger partial charge in [0.1, 0.15) is 5.69 Å². The topological polar surface area (TPSA) is 53.7 Å². The molecule has 1 saturated heterocycles. The van der Waals surface area contributed by atoms with Gasteiger partial charge in [0.25, 0.3) is 5.91 Å². The molecule has 6 nitrogen and oxygen atoms in total. The third kappa shape index (κ3) is 3.82. The maximum absolute atomic E-state index is 13.6. The highest BCUT2D eigenvalue weighted by Gasteiger charge is 2.25. The standard InChI is InChI=1S/C25H25N5O/c1-2-28-13-15-29(16-14-28)25(31)23-17-21(19-9-5-3-6-10-19)26-24-18-22(27-30(23)24)20-11-7-4-8-12-20/h3-12,17-18H,2,13-16H2,1H3. The Hall–Kier alpha value is -3.51. The van der Waals surface area contributed by atoms with Gasteiger partial charge in [-0.05, 0) is 12.6 Å². The highest BCUT2D eigenvalue weighted by molar-refractivity contribution is 5.94. The van der Waals surface area contributed by atoms with Crippen molar-refractivity contribution in [3.8, 4) is 22.5 Å². The van der Waals surface area contributed by atoms with Crippen molar-refractivity contribution in [1.82, 2.24) is 24.4 Å². The zero-order valence-electron chi connectivity index (χ0n) is 17.6. The van der Waals surface area contributed by atoms with Gasteiger partial charge in [0.2, 0.25) is 0 Å². The summed E-state index contributed by atoms with van der Waals surface area (Å²) in [6, 6.07) is 23.8. The molecule has 0 aliphatic carbocycles. The van der Waals surface area contributed by atoms with Crippen molar-refractivity contribution >= 4 is 11.6 Å². The van der Waals surface area contributed by atoms with Crippen LogP contribution in [0.5, 0.6) is 0 Å². The quantitative estimate of drug-likeness (QED) is 0.512. The average Bonchev–Trinajstić information content (AvgIpc) is 3.28. The molecule has 156 valence electrons. The van der Waals surface area contributed by atoms with Crippen LogP contribution in [0.25, 0.3) is 28.2 Å². The van der Waals surface area contributed by atoms with Gasteiger partial charge in [-0.1, -0.05) is 67.6 Å². The summed E-state index contributed by atoms with van der Waals surface area (Å²) in [7, 11) is 0. The molecule has 3 heterocycles. The molecule has 0 spiro atoms. The van der Waals surface area contributed by atoms with Crippen LogP contribution in [0.15, 0.2) is 72.8 Å². The molecule has 31 heavy (non-hydrogen) atoms. The first-order chi connectivity index (χ1) is 15.2. The van der Waals surface area contributed by atoms with Crippen molar-refractivity contribution in [3.05, 3.63) is 78.5 Å². The van der Waals surface area contributed by atoms with E-state index in [1.807, 2.05) is 77.7 Å². The molecule has 6 heteroatoms. The van der Waals surface area contributed by atoms with Crippen LogP contribution in [-0.4, -0.2) is 63.0 Å². The van der Waals surface area contributed by atoms with E-state index in [1.54, 1.807) is 4.52 Å². The third-order valence-corrected chi connectivity index (χ3v) is 5.89. The Morgan fingerprint density at radius 3 is 2.06 bits per heavy atom. The molecule has 0 atom stereocenters. The summed E-state index contributed by atoms with van der Waals surface area (Å²) in [4.78, 5) is 22.7. The SMILES string of the molecule is CCN1CCN(C(=O)c2cc(-c3ccccc3)nc3cc(-c4ccccc4)nn23)CC1. The minimum Gasteiger partial charge on any atom is -0.335 e. The number of hydrogen-bond donors (Lipinski definition) is 0. The molecular formula is C25H25N5O. The van der Waals surface area contributed by atoms with Gasteiger partial charge in [-0.3, -0.25) is 4.79 Å². The molecule has 1 aliphatic rings. The molecule has 0 saturated carbocycles. The molecule has 0 bridgehead atoms. The van der Waals surface area contributed by atoms with Gasteiger partial charge in [0, 0.05) is 43.4 Å². The summed E-state index contributed by atoms with van der Waals surface area (Å²) >= 11 is 0. The van der Waals surface area contributed by atoms with E-state index in [4.69, 9.17) is 10.1 Å². The summed E-state index contributed by atoms with van der Waals surface area (Å²) in [5.74, 6) is 0.00282. The number of amides is 1. The van der Waals surface area contributed by atoms with E-state index in [-0.39, 0.29) is 5.91 Å². The lowest BCUT2D eigenvalue weighted by Crippen LogP contribution is -2.48. The molecule has 5 rings (SSSR count). The second-order valence-corrected chi connectivity index (χ2v) is 7.78. The fourth-order valence-corrected chi connectivity index (χ4v) is 4.06. The molecule has 0 unspecified atom stereocenters. The number of benzene rings is 2. The summed E-state index contributed by atoms with van der Waals surface area (Å²) in [5.41, 5.74) is 4.81. The number of likely N-dealkylation sites (N-methyl/N-ethyl adjacent to an activating group) is 1. The van der Waals surface area contributed by atoms with E-state index in [2.05, 4.69) is 11.8 Å². The second-order valence-electron chi connectivity index (χ2n) is 7.78. The normalized spacial score (nSPS) is 14.8. The van der Waals surface area contributed by atoms with Crippen molar-refractivity contribution in [3.63, 3.8) is 0 Å². The largest absolute Gasteiger partial charge is 0.335 e. The number of carbonyl (C=O) groups excluding carboxylic acids is 1. The van der Waals surface area contributed by atoms with E-state index in [9.17, 15) is 4.79 Å². The van der Waals surface area contributed by atoms with Gasteiger partial charge in [-0.2, -0.15) is 5.10 Å². The molecule has 4 aromatic rings. The lowest BCUT2D eigenvalue weighted by Gasteiger charge is -2.34. The summed E-state index contributed by atoms with van der Waals surface area (Å²) in [5, 5.41) is 4.76. The number of fused-ring (bicyclic) bond motifs is 1. The number of aromatic nitrogens is 3. The predicted octanol–water partition coefficient (Wildman–Crippen LogP) is 3.84. The number of hydrogen-bond acceptors (Lipinski definition) is 4. The van der Waals surface area contributed by atoms with Crippen molar-refractivity contribution in [2.75, 3.05) is 32.7 Å². The fraction of sp³-hybridized carbons (Fsp3) is 0.240. The lowest BCUT2D eigenvalue weighted by atomic mass is 10.1. The first-order valence-electron chi connectivity index (χ1n) is 10.8. The maximum atomic E-state index is 13.6. The highest BCUT2D eigenvalue weighted by Crippen LogP contribution is 2.24. The Morgan fingerprint density at radius 2 is 1.45 bits per heavy atom. The Balaban J connectivity index is 1.60. The molecule has 0 N–H and O–H groups in total. The summed E-state index contributed by atoms with van der Waals surface area (Å²) in [6.07, 6.45) is 0. The molecule has 1 amide bonds. The van der Waals surface area contributed by atoms with Crippen molar-refractivity contribution < 1.29 is 4.79 Å². The lowest BCUT2D eigenvalue weighted by molar-refractivity contribution is 0.0634. The van der Waals surface area contributed by atoms with E-state index in [0.717, 1.165) is 55.2 Å². The van der Waals surface area contributed by atoms with E-state index in [1.165, 1.54) is 0 Å². The fourth-order valence-electron chi connectivity index (χ4n) is 4.06. The third-order valence-electron chi connectivity index (χ3n) is 5.89. The monoisotopic (exact) mass is 411 g/mol. The molecular weight excluding hydrogens is 386 g/mol. The van der Waals surface area contributed by atoms with Crippen LogP contribution in [0.1, 0.15) is 17.4 Å². The van der Waals surface area contributed by atoms with E-state index in [0.29, 0.717) is 11.3 Å². The Morgan fingerprint density at radius 1 is 0.839 bits per heavy atom. The molecule has 2 aromatic carbocycles. The van der Waals surface area contributed by atoms with E-state index < -0.39 is 0 Å². The molecule has 1 fully saturated rings. The summed E-state index contributed by atoms with van der Waals surface area (Å²) < 4.78 is 1.70. The van der Waals surface area contributed by atoms with Gasteiger partial charge in [-0.15, -0.1) is 0 Å². The van der Waals surface area contributed by atoms with Crippen molar-refractivity contribution in [1.29, 1.82) is 0 Å². The van der Waals surface area contributed by atoms with Gasteiger partial charge < -0.3 is 9.80 Å². The van der Waals surface area contributed by atoms with Crippen LogP contribution in [0, 0.1) is 0 Å². The maximum Gasteiger partial charge on any atom is 0.272 e. The van der Waals surface area contributed by atoms with Gasteiger partial charge in [0.15, 0.2) is 5.65 Å². The Labute approximate surface area is 181 Å². The highest BCUT2D eigenvalue weighted by atomic mass is 16.2. The van der Waals surface area contributed by atoms with Crippen LogP contribution in [-0.2, 0) is 0 Å². The minimum atomic E-state index is 0.00282. The van der Waals surface area contributed by atoms with Crippen molar-refractivity contribution in [2.24, 2.45) is 0 Å². The minimum absolute atomic E-state index is 0.00282. The molecule has 0 radical (unpaired) electrons. The Kier molecular flexibility index (Phi) is 5.22. The summed E-state index contributed by atoms with van der Waals surface area (Å²) in [6.45, 7) is 6.42. The van der Waals surface area contributed by atoms with Crippen LogP contribution in [0.3, 0.4) is 0 Å². The average molecular weight is 412 g/mol. The van der Waals surface area contributed by atoms with Gasteiger partial charge >= 0.3 is 0 Å². The number of piperazine rings is 1.